The molecule has 0 atom stereocenters. The molecule has 0 unspecified atom stereocenters. The van der Waals surface area contributed by atoms with Gasteiger partial charge in [-0.3, -0.25) is 4.79 Å². The van der Waals surface area contributed by atoms with E-state index in [1.807, 2.05) is 6.92 Å². The van der Waals surface area contributed by atoms with Gasteiger partial charge in [-0.05, 0) is 36.6 Å². The lowest BCUT2D eigenvalue weighted by Gasteiger charge is -2.06. The topological polar surface area (TPSA) is 77.9 Å². The van der Waals surface area contributed by atoms with Gasteiger partial charge in [0.2, 0.25) is 0 Å². The number of aryl methyl sites for hydroxylation is 1. The zero-order valence-electron chi connectivity index (χ0n) is 11.8. The predicted molar refractivity (Wildman–Crippen MR) is 82.5 cm³/mol. The number of hydrogen-bond acceptors (Lipinski definition) is 2. The van der Waals surface area contributed by atoms with Gasteiger partial charge in [0.1, 0.15) is 0 Å². The summed E-state index contributed by atoms with van der Waals surface area (Å²) in [6.07, 6.45) is 0.794. The Hall–Kier alpha value is -2.78. The molecule has 5 heteroatoms. The summed E-state index contributed by atoms with van der Waals surface area (Å²) in [5.74, 6) is -0.130. The summed E-state index contributed by atoms with van der Waals surface area (Å²) in [5, 5.41) is 6.34. The van der Waals surface area contributed by atoms with Crippen molar-refractivity contribution in [3.8, 4) is 0 Å². The Morgan fingerprint density at radius 3 is 2.43 bits per heavy atom. The highest BCUT2D eigenvalue weighted by molar-refractivity contribution is 5.94. The van der Waals surface area contributed by atoms with Crippen LogP contribution in [0.15, 0.2) is 53.6 Å². The molecule has 0 aliphatic heterocycles. The lowest BCUT2D eigenvalue weighted by molar-refractivity contribution is 0.0954. The average Bonchev–Trinajstić information content (AvgIpc) is 2.50. The van der Waals surface area contributed by atoms with E-state index in [1.165, 1.54) is 11.1 Å². The van der Waals surface area contributed by atoms with Crippen LogP contribution in [0.5, 0.6) is 0 Å². The van der Waals surface area contributed by atoms with Gasteiger partial charge in [-0.15, -0.1) is 0 Å². The molecule has 0 saturated heterocycles. The fourth-order valence-electron chi connectivity index (χ4n) is 1.91. The summed E-state index contributed by atoms with van der Waals surface area (Å²) < 4.78 is 0. The van der Waals surface area contributed by atoms with Crippen molar-refractivity contribution in [2.75, 3.05) is 6.54 Å². The van der Waals surface area contributed by atoms with Crippen LogP contribution >= 0.6 is 0 Å². The first-order valence-electron chi connectivity index (χ1n) is 6.68. The molecule has 1 N–H and O–H groups in total. The third-order valence-electron chi connectivity index (χ3n) is 3.11. The third kappa shape index (κ3) is 4.37. The van der Waals surface area contributed by atoms with E-state index >= 15 is 0 Å². The van der Waals surface area contributed by atoms with Gasteiger partial charge in [-0.1, -0.05) is 47.1 Å². The Balaban J connectivity index is 1.86. The van der Waals surface area contributed by atoms with Crippen LogP contribution in [0.1, 0.15) is 21.5 Å². The Kier molecular flexibility index (Phi) is 4.96. The van der Waals surface area contributed by atoms with Gasteiger partial charge in [0.25, 0.3) is 5.91 Å². The van der Waals surface area contributed by atoms with Crippen molar-refractivity contribution in [3.63, 3.8) is 0 Å². The smallest absolute Gasteiger partial charge is 0.251 e. The maximum atomic E-state index is 11.9. The van der Waals surface area contributed by atoms with Crippen LogP contribution in [-0.2, 0) is 6.42 Å². The minimum absolute atomic E-state index is 0.130. The lowest BCUT2D eigenvalue weighted by atomic mass is 10.1. The molecule has 0 fully saturated rings. The average molecular weight is 280 g/mol. The first kappa shape index (κ1) is 14.6. The minimum Gasteiger partial charge on any atom is -0.352 e. The standard InChI is InChI=1S/C16H16N4O/c1-12-2-4-13(5-3-12)10-11-18-16(21)14-6-8-15(9-7-14)19-20-17/h2-9H,10-11H2,1H3,(H,18,21). The number of rotatable bonds is 5. The molecule has 0 aliphatic carbocycles. The number of amides is 1. The van der Waals surface area contributed by atoms with E-state index < -0.39 is 0 Å². The molecule has 2 aromatic carbocycles. The van der Waals surface area contributed by atoms with Crippen LogP contribution in [0, 0.1) is 6.92 Å². The van der Waals surface area contributed by atoms with Crippen molar-refractivity contribution in [2.24, 2.45) is 5.11 Å². The van der Waals surface area contributed by atoms with Gasteiger partial charge in [0.15, 0.2) is 0 Å². The van der Waals surface area contributed by atoms with Crippen molar-refractivity contribution in [3.05, 3.63) is 75.7 Å². The fraction of sp³-hybridized carbons (Fsp3) is 0.188. The largest absolute Gasteiger partial charge is 0.352 e. The van der Waals surface area contributed by atoms with Gasteiger partial charge in [0, 0.05) is 22.7 Å². The Labute approximate surface area is 123 Å². The highest BCUT2D eigenvalue weighted by atomic mass is 16.1. The fourth-order valence-corrected chi connectivity index (χ4v) is 1.91. The van der Waals surface area contributed by atoms with Gasteiger partial charge >= 0.3 is 0 Å². The number of carbonyl (C=O) groups excluding carboxylic acids is 1. The van der Waals surface area contributed by atoms with Gasteiger partial charge in [-0.2, -0.15) is 0 Å². The van der Waals surface area contributed by atoms with Crippen molar-refractivity contribution in [1.82, 2.24) is 5.32 Å². The van der Waals surface area contributed by atoms with Gasteiger partial charge in [-0.25, -0.2) is 0 Å². The molecule has 0 aliphatic rings. The molecule has 0 saturated carbocycles. The molecular formula is C16H16N4O. The highest BCUT2D eigenvalue weighted by Gasteiger charge is 2.04. The SMILES string of the molecule is Cc1ccc(CCNC(=O)c2ccc(N=[N+]=[N-])cc2)cc1. The van der Waals surface area contributed by atoms with Crippen LogP contribution in [0.25, 0.3) is 10.4 Å². The molecule has 0 radical (unpaired) electrons. The Morgan fingerprint density at radius 1 is 1.14 bits per heavy atom. The second-order valence-electron chi connectivity index (χ2n) is 4.73. The van der Waals surface area contributed by atoms with E-state index in [0.717, 1.165) is 6.42 Å². The zero-order valence-corrected chi connectivity index (χ0v) is 11.8. The van der Waals surface area contributed by atoms with Crippen molar-refractivity contribution < 1.29 is 4.79 Å². The van der Waals surface area contributed by atoms with E-state index in [-0.39, 0.29) is 5.91 Å². The maximum absolute atomic E-state index is 11.9. The van der Waals surface area contributed by atoms with Crippen LogP contribution < -0.4 is 5.32 Å². The minimum atomic E-state index is -0.130. The van der Waals surface area contributed by atoms with Crippen LogP contribution in [-0.4, -0.2) is 12.5 Å². The molecule has 21 heavy (non-hydrogen) atoms. The predicted octanol–water partition coefficient (Wildman–Crippen LogP) is 3.91. The van der Waals surface area contributed by atoms with E-state index in [0.29, 0.717) is 17.8 Å². The summed E-state index contributed by atoms with van der Waals surface area (Å²) in [7, 11) is 0. The summed E-state index contributed by atoms with van der Waals surface area (Å²) in [6.45, 7) is 2.63. The maximum Gasteiger partial charge on any atom is 0.251 e. The number of benzene rings is 2. The lowest BCUT2D eigenvalue weighted by Crippen LogP contribution is -2.25. The number of hydrogen-bond donors (Lipinski definition) is 1. The van der Waals surface area contributed by atoms with E-state index in [4.69, 9.17) is 5.53 Å². The summed E-state index contributed by atoms with van der Waals surface area (Å²) >= 11 is 0. The molecule has 5 nitrogen and oxygen atoms in total. The molecule has 0 heterocycles. The Bertz CT molecular complexity index is 656. The van der Waals surface area contributed by atoms with Gasteiger partial charge < -0.3 is 5.32 Å². The normalized spacial score (nSPS) is 9.76. The third-order valence-corrected chi connectivity index (χ3v) is 3.11. The summed E-state index contributed by atoms with van der Waals surface area (Å²) in [5.41, 5.74) is 11.8. The molecule has 106 valence electrons. The van der Waals surface area contributed by atoms with Crippen molar-refractivity contribution in [2.45, 2.75) is 13.3 Å². The molecule has 1 amide bonds. The monoisotopic (exact) mass is 280 g/mol. The molecule has 2 rings (SSSR count). The summed E-state index contributed by atoms with van der Waals surface area (Å²) in [6, 6.07) is 14.8. The second-order valence-corrected chi connectivity index (χ2v) is 4.73. The summed E-state index contributed by atoms with van der Waals surface area (Å²) in [4.78, 5) is 14.6. The van der Waals surface area contributed by atoms with Gasteiger partial charge in [0.05, 0.1) is 0 Å². The van der Waals surface area contributed by atoms with E-state index in [2.05, 4.69) is 39.6 Å². The molecule has 0 aromatic heterocycles. The number of carbonyl (C=O) groups is 1. The van der Waals surface area contributed by atoms with Crippen LogP contribution in [0.2, 0.25) is 0 Å². The van der Waals surface area contributed by atoms with Crippen LogP contribution in [0.4, 0.5) is 5.69 Å². The zero-order chi connectivity index (χ0) is 15.1. The Morgan fingerprint density at radius 2 is 1.81 bits per heavy atom. The number of nitrogens with one attached hydrogen (secondary N) is 1. The molecular weight excluding hydrogens is 264 g/mol. The van der Waals surface area contributed by atoms with Crippen LogP contribution in [0.3, 0.4) is 0 Å². The first-order chi connectivity index (χ1) is 10.2. The number of azide groups is 1. The van der Waals surface area contributed by atoms with E-state index in [1.54, 1.807) is 24.3 Å². The molecule has 0 spiro atoms. The van der Waals surface area contributed by atoms with Crippen molar-refractivity contribution >= 4 is 11.6 Å². The molecule has 2 aromatic rings. The number of nitrogens with zero attached hydrogens (tertiary/aromatic N) is 3. The quantitative estimate of drug-likeness (QED) is 0.503. The highest BCUT2D eigenvalue weighted by Crippen LogP contribution is 2.13. The van der Waals surface area contributed by atoms with E-state index in [9.17, 15) is 4.79 Å². The molecule has 0 bridgehead atoms. The second kappa shape index (κ2) is 7.12. The van der Waals surface area contributed by atoms with Crippen molar-refractivity contribution in [1.29, 1.82) is 0 Å². The first-order valence-corrected chi connectivity index (χ1v) is 6.68.